The third-order valence-electron chi connectivity index (χ3n) is 3.33. The quantitative estimate of drug-likeness (QED) is 0.625. The predicted octanol–water partition coefficient (Wildman–Crippen LogP) is -1.54. The van der Waals surface area contributed by atoms with Crippen molar-refractivity contribution in [3.8, 4) is 6.01 Å². The summed E-state index contributed by atoms with van der Waals surface area (Å²) in [5, 5.41) is 18.9. The molecule has 0 aliphatic carbocycles. The molecule has 0 saturated carbocycles. The van der Waals surface area contributed by atoms with Gasteiger partial charge in [-0.05, 0) is 6.92 Å². The van der Waals surface area contributed by atoms with Gasteiger partial charge in [0.25, 0.3) is 5.56 Å². The molecule has 102 valence electrons. The lowest BCUT2D eigenvalue weighted by Crippen LogP contribution is -2.34. The van der Waals surface area contributed by atoms with Crippen molar-refractivity contribution >= 4 is 5.78 Å². The van der Waals surface area contributed by atoms with Gasteiger partial charge in [0, 0.05) is 6.20 Å². The molecule has 2 aliphatic heterocycles. The Hall–Kier alpha value is -1.77. The fourth-order valence-corrected chi connectivity index (χ4v) is 2.33. The van der Waals surface area contributed by atoms with Gasteiger partial charge in [0.1, 0.15) is 17.8 Å². The van der Waals surface area contributed by atoms with E-state index in [1.807, 2.05) is 0 Å². The van der Waals surface area contributed by atoms with E-state index < -0.39 is 35.9 Å². The maximum absolute atomic E-state index is 12.1. The van der Waals surface area contributed by atoms with Gasteiger partial charge >= 0.3 is 6.01 Å². The van der Waals surface area contributed by atoms with Crippen LogP contribution in [0.5, 0.6) is 6.01 Å². The van der Waals surface area contributed by atoms with Crippen molar-refractivity contribution in [3.63, 3.8) is 0 Å². The largest absolute Gasteiger partial charge is 0.453 e. The summed E-state index contributed by atoms with van der Waals surface area (Å²) in [6, 6.07) is 0.000407. The Morgan fingerprint density at radius 1 is 1.58 bits per heavy atom. The maximum Gasteiger partial charge on any atom is 0.302 e. The van der Waals surface area contributed by atoms with Crippen molar-refractivity contribution in [2.45, 2.75) is 31.5 Å². The molecule has 1 saturated heterocycles. The molecule has 1 aromatic rings. The molecule has 3 heterocycles. The van der Waals surface area contributed by atoms with Gasteiger partial charge in [-0.2, -0.15) is 0 Å². The number of hydrogen-bond donors (Lipinski definition) is 2. The van der Waals surface area contributed by atoms with Gasteiger partial charge in [-0.3, -0.25) is 9.59 Å². The van der Waals surface area contributed by atoms with Crippen molar-refractivity contribution in [1.82, 2.24) is 9.55 Å². The SMILES string of the molecule is CC(=O)c1cnc2n(c1=O)[C@@H]1O[C@H](CO)[C@@H](O)[C@@H]1O2. The van der Waals surface area contributed by atoms with E-state index in [0.29, 0.717) is 0 Å². The lowest BCUT2D eigenvalue weighted by atomic mass is 10.1. The predicted molar refractivity (Wildman–Crippen MR) is 59.9 cm³/mol. The standard InChI is InChI=1S/C11H12N2O6/c1-4(15)5-2-12-11-13(9(5)17)10-8(19-11)7(16)6(3-14)18-10/h2,6-8,10,14,16H,3H2,1H3/t6-,7-,8+,10-/m1/s1. The fraction of sp³-hybridized carbons (Fsp3) is 0.545. The van der Waals surface area contributed by atoms with Crippen molar-refractivity contribution in [2.24, 2.45) is 0 Å². The third-order valence-corrected chi connectivity index (χ3v) is 3.33. The summed E-state index contributed by atoms with van der Waals surface area (Å²) in [6.07, 6.45) is -2.41. The number of aliphatic hydroxyl groups is 2. The van der Waals surface area contributed by atoms with Crippen LogP contribution in [0.2, 0.25) is 0 Å². The second kappa shape index (κ2) is 4.12. The molecule has 0 unspecified atom stereocenters. The van der Waals surface area contributed by atoms with Crippen LogP contribution in [0.25, 0.3) is 0 Å². The molecule has 0 aromatic carbocycles. The Bertz CT molecular complexity index is 597. The topological polar surface area (TPSA) is 111 Å². The van der Waals surface area contributed by atoms with E-state index in [1.54, 1.807) is 0 Å². The Labute approximate surface area is 107 Å². The number of aromatic nitrogens is 2. The molecule has 0 amide bonds. The van der Waals surface area contributed by atoms with Crippen molar-refractivity contribution in [1.29, 1.82) is 0 Å². The fourth-order valence-electron chi connectivity index (χ4n) is 2.33. The van der Waals surface area contributed by atoms with Crippen molar-refractivity contribution in [2.75, 3.05) is 6.61 Å². The first-order valence-electron chi connectivity index (χ1n) is 5.78. The Morgan fingerprint density at radius 3 is 2.95 bits per heavy atom. The van der Waals surface area contributed by atoms with Crippen molar-refractivity contribution in [3.05, 3.63) is 22.1 Å². The van der Waals surface area contributed by atoms with Gasteiger partial charge < -0.3 is 19.7 Å². The smallest absolute Gasteiger partial charge is 0.302 e. The molecule has 1 fully saturated rings. The Balaban J connectivity index is 2.08. The van der Waals surface area contributed by atoms with Crippen LogP contribution >= 0.6 is 0 Å². The van der Waals surface area contributed by atoms with E-state index in [0.717, 1.165) is 10.8 Å². The van der Waals surface area contributed by atoms with E-state index in [1.165, 1.54) is 6.92 Å². The van der Waals surface area contributed by atoms with Crippen LogP contribution in [0.3, 0.4) is 0 Å². The summed E-state index contributed by atoms with van der Waals surface area (Å²) < 4.78 is 11.8. The first-order valence-corrected chi connectivity index (χ1v) is 5.78. The molecule has 8 heteroatoms. The van der Waals surface area contributed by atoms with E-state index in [2.05, 4.69) is 4.98 Å². The second-order valence-electron chi connectivity index (χ2n) is 4.51. The average molecular weight is 268 g/mol. The molecular weight excluding hydrogens is 256 g/mol. The van der Waals surface area contributed by atoms with E-state index >= 15 is 0 Å². The van der Waals surface area contributed by atoms with Crippen LogP contribution in [0.15, 0.2) is 11.0 Å². The Morgan fingerprint density at radius 2 is 2.32 bits per heavy atom. The summed E-state index contributed by atoms with van der Waals surface area (Å²) in [7, 11) is 0. The summed E-state index contributed by atoms with van der Waals surface area (Å²) in [6.45, 7) is 0.876. The molecule has 19 heavy (non-hydrogen) atoms. The summed E-state index contributed by atoms with van der Waals surface area (Å²) in [4.78, 5) is 27.3. The molecule has 8 nitrogen and oxygen atoms in total. The number of Topliss-reactive ketones (excluding diaryl/α,β-unsaturated/α-hetero) is 1. The van der Waals surface area contributed by atoms with Crippen molar-refractivity contribution < 1.29 is 24.5 Å². The number of fused-ring (bicyclic) bond motifs is 3. The molecule has 0 bridgehead atoms. The van der Waals surface area contributed by atoms with E-state index in [4.69, 9.17) is 14.6 Å². The zero-order chi connectivity index (χ0) is 13.7. The lowest BCUT2D eigenvalue weighted by Gasteiger charge is -2.14. The number of rotatable bonds is 2. The number of ketones is 1. The second-order valence-corrected chi connectivity index (χ2v) is 4.51. The number of carbonyl (C=O) groups is 1. The first kappa shape index (κ1) is 12.3. The van der Waals surface area contributed by atoms with Crippen LogP contribution in [0.1, 0.15) is 23.5 Å². The van der Waals surface area contributed by atoms with Gasteiger partial charge in [-0.25, -0.2) is 9.55 Å². The number of hydrogen-bond acceptors (Lipinski definition) is 7. The summed E-state index contributed by atoms with van der Waals surface area (Å²) in [5.74, 6) is -0.409. The minimum Gasteiger partial charge on any atom is -0.453 e. The maximum atomic E-state index is 12.1. The molecule has 3 rings (SSSR count). The minimum atomic E-state index is -1.06. The molecule has 1 aromatic heterocycles. The zero-order valence-electron chi connectivity index (χ0n) is 10.0. The zero-order valence-corrected chi connectivity index (χ0v) is 10.0. The highest BCUT2D eigenvalue weighted by Crippen LogP contribution is 2.37. The van der Waals surface area contributed by atoms with Gasteiger partial charge in [-0.15, -0.1) is 0 Å². The average Bonchev–Trinajstić information content (AvgIpc) is 2.87. The van der Waals surface area contributed by atoms with Crippen LogP contribution in [0.4, 0.5) is 0 Å². The lowest BCUT2D eigenvalue weighted by molar-refractivity contribution is -0.0443. The normalized spacial score (nSPS) is 31.7. The summed E-state index contributed by atoms with van der Waals surface area (Å²) in [5.41, 5.74) is -0.644. The first-order chi connectivity index (χ1) is 9.04. The van der Waals surface area contributed by atoms with Crippen LogP contribution < -0.4 is 10.3 Å². The van der Waals surface area contributed by atoms with Crippen LogP contribution in [-0.2, 0) is 4.74 Å². The molecule has 2 N–H and O–H groups in total. The Kier molecular flexibility index (Phi) is 2.66. The molecule has 0 radical (unpaired) electrons. The number of aliphatic hydroxyl groups excluding tert-OH is 2. The van der Waals surface area contributed by atoms with E-state index in [9.17, 15) is 14.7 Å². The molecule has 2 aliphatic rings. The highest BCUT2D eigenvalue weighted by atomic mass is 16.6. The highest BCUT2D eigenvalue weighted by molar-refractivity contribution is 5.93. The van der Waals surface area contributed by atoms with Crippen LogP contribution in [0, 0.1) is 0 Å². The van der Waals surface area contributed by atoms with Gasteiger partial charge in [0.2, 0.25) is 0 Å². The monoisotopic (exact) mass is 268 g/mol. The van der Waals surface area contributed by atoms with E-state index in [-0.39, 0.29) is 18.2 Å². The van der Waals surface area contributed by atoms with Gasteiger partial charge in [0.15, 0.2) is 18.1 Å². The van der Waals surface area contributed by atoms with Crippen LogP contribution in [-0.4, -0.2) is 50.5 Å². The third kappa shape index (κ3) is 1.61. The summed E-state index contributed by atoms with van der Waals surface area (Å²) >= 11 is 0. The molecular formula is C11H12N2O6. The minimum absolute atomic E-state index is 0.000407. The highest BCUT2D eigenvalue weighted by Gasteiger charge is 2.51. The number of nitrogens with zero attached hydrogens (tertiary/aromatic N) is 2. The number of ether oxygens (including phenoxy) is 2. The molecule has 4 atom stereocenters. The molecule has 0 spiro atoms. The number of carbonyl (C=O) groups excluding carboxylic acids is 1. The van der Waals surface area contributed by atoms with Gasteiger partial charge in [-0.1, -0.05) is 0 Å². The van der Waals surface area contributed by atoms with Gasteiger partial charge in [0.05, 0.1) is 6.61 Å².